The Morgan fingerprint density at radius 1 is 1.31 bits per heavy atom. The summed E-state index contributed by atoms with van der Waals surface area (Å²) in [5, 5.41) is 0.577. The second-order valence-electron chi connectivity index (χ2n) is 3.22. The highest BCUT2D eigenvalue weighted by Gasteiger charge is 2.05. The van der Waals surface area contributed by atoms with E-state index in [9.17, 15) is 0 Å². The third-order valence-electron chi connectivity index (χ3n) is 1.96. The zero-order chi connectivity index (χ0) is 11.5. The molecule has 0 spiro atoms. The third kappa shape index (κ3) is 2.26. The summed E-state index contributed by atoms with van der Waals surface area (Å²) in [7, 11) is 0. The molecule has 2 rings (SSSR count). The lowest BCUT2D eigenvalue weighted by Gasteiger charge is -2.04. The van der Waals surface area contributed by atoms with E-state index in [4.69, 9.17) is 17.4 Å². The Kier molecular flexibility index (Phi) is 2.98. The quantitative estimate of drug-likeness (QED) is 0.613. The van der Waals surface area contributed by atoms with Gasteiger partial charge in [-0.05, 0) is 19.1 Å². The van der Waals surface area contributed by atoms with E-state index in [1.807, 2.05) is 6.92 Å². The first-order valence-corrected chi connectivity index (χ1v) is 5.01. The number of hydrogen-bond acceptors (Lipinski definition) is 5. The van der Waals surface area contributed by atoms with Gasteiger partial charge in [-0.15, -0.1) is 0 Å². The molecule has 0 saturated carbocycles. The van der Waals surface area contributed by atoms with Gasteiger partial charge < -0.3 is 5.43 Å². The van der Waals surface area contributed by atoms with Crippen LogP contribution >= 0.6 is 11.6 Å². The number of hydrazine groups is 1. The third-order valence-corrected chi connectivity index (χ3v) is 2.18. The fourth-order valence-corrected chi connectivity index (χ4v) is 1.38. The number of nitrogen functional groups attached to an aromatic ring is 1. The highest BCUT2D eigenvalue weighted by atomic mass is 35.5. The van der Waals surface area contributed by atoms with Crippen LogP contribution in [0.25, 0.3) is 11.5 Å². The lowest BCUT2D eigenvalue weighted by Crippen LogP contribution is -2.10. The molecule has 0 unspecified atom stereocenters. The molecule has 2 aromatic heterocycles. The Balaban J connectivity index is 2.47. The number of rotatable bonds is 2. The van der Waals surface area contributed by atoms with Crippen molar-refractivity contribution in [2.75, 3.05) is 5.43 Å². The molecule has 0 aliphatic rings. The molecule has 3 N–H and O–H groups in total. The summed E-state index contributed by atoms with van der Waals surface area (Å²) >= 11 is 5.75. The molecule has 82 valence electrons. The predicted molar refractivity (Wildman–Crippen MR) is 62.8 cm³/mol. The van der Waals surface area contributed by atoms with Crippen LogP contribution in [0.1, 0.15) is 5.69 Å². The number of nitrogens with two attached hydrogens (primary N) is 1. The molecule has 0 aliphatic heterocycles. The smallest absolute Gasteiger partial charge is 0.180 e. The van der Waals surface area contributed by atoms with Crippen molar-refractivity contribution >= 4 is 17.4 Å². The topological polar surface area (TPSA) is 76.7 Å². The van der Waals surface area contributed by atoms with Gasteiger partial charge in [0.05, 0.1) is 5.02 Å². The highest BCUT2D eigenvalue weighted by molar-refractivity contribution is 6.30. The van der Waals surface area contributed by atoms with Crippen molar-refractivity contribution in [2.24, 2.45) is 5.84 Å². The lowest BCUT2D eigenvalue weighted by molar-refractivity contribution is 1.08. The molecule has 2 heterocycles. The molecule has 0 fully saturated rings. The van der Waals surface area contributed by atoms with E-state index in [1.165, 1.54) is 0 Å². The first-order valence-electron chi connectivity index (χ1n) is 4.63. The van der Waals surface area contributed by atoms with Crippen LogP contribution in [0.3, 0.4) is 0 Å². The lowest BCUT2D eigenvalue weighted by atomic mass is 10.3. The van der Waals surface area contributed by atoms with Crippen molar-refractivity contribution in [2.45, 2.75) is 6.92 Å². The monoisotopic (exact) mass is 235 g/mol. The second-order valence-corrected chi connectivity index (χ2v) is 3.66. The molecular weight excluding hydrogens is 226 g/mol. The molecule has 0 saturated heterocycles. The Labute approximate surface area is 97.7 Å². The largest absolute Gasteiger partial charge is 0.308 e. The molecule has 6 heteroatoms. The predicted octanol–water partition coefficient (Wildman–Crippen LogP) is 1.79. The van der Waals surface area contributed by atoms with Crippen LogP contribution < -0.4 is 11.3 Å². The number of aryl methyl sites for hydroxylation is 1. The summed E-state index contributed by atoms with van der Waals surface area (Å²) in [6.45, 7) is 1.86. The van der Waals surface area contributed by atoms with Gasteiger partial charge in [0.2, 0.25) is 0 Å². The van der Waals surface area contributed by atoms with Crippen LogP contribution in [0, 0.1) is 6.92 Å². The summed E-state index contributed by atoms with van der Waals surface area (Å²) in [6.07, 6.45) is 1.55. The molecule has 5 nitrogen and oxygen atoms in total. The molecule has 0 amide bonds. The minimum atomic E-state index is 0.518. The van der Waals surface area contributed by atoms with Crippen LogP contribution in [-0.2, 0) is 0 Å². The Hall–Kier alpha value is -1.72. The Morgan fingerprint density at radius 3 is 2.75 bits per heavy atom. The fraction of sp³-hybridized carbons (Fsp3) is 0.100. The minimum absolute atomic E-state index is 0.518. The van der Waals surface area contributed by atoms with Crippen LogP contribution in [0.4, 0.5) is 5.82 Å². The van der Waals surface area contributed by atoms with Gasteiger partial charge in [0.25, 0.3) is 0 Å². The molecule has 0 bridgehead atoms. The van der Waals surface area contributed by atoms with E-state index in [0.29, 0.717) is 22.4 Å². The number of pyridine rings is 1. The van der Waals surface area contributed by atoms with Crippen LogP contribution in [-0.4, -0.2) is 15.0 Å². The number of halogens is 1. The molecule has 0 aliphatic carbocycles. The van der Waals surface area contributed by atoms with Crippen molar-refractivity contribution in [3.05, 3.63) is 35.1 Å². The standard InChI is InChI=1S/C10H10ClN5/c1-6-4-9(16-12)15-10(14-6)8-3-2-7(11)5-13-8/h2-5H,12H2,1H3,(H,14,15,16). The maximum absolute atomic E-state index is 5.75. The summed E-state index contributed by atoms with van der Waals surface area (Å²) in [5.74, 6) is 6.38. The van der Waals surface area contributed by atoms with E-state index in [1.54, 1.807) is 24.4 Å². The number of aromatic nitrogens is 3. The number of nitrogens with zero attached hydrogens (tertiary/aromatic N) is 3. The summed E-state index contributed by atoms with van der Waals surface area (Å²) in [4.78, 5) is 12.6. The highest BCUT2D eigenvalue weighted by Crippen LogP contribution is 2.16. The van der Waals surface area contributed by atoms with Gasteiger partial charge in [-0.25, -0.2) is 15.8 Å². The molecule has 16 heavy (non-hydrogen) atoms. The van der Waals surface area contributed by atoms with Crippen LogP contribution in [0.5, 0.6) is 0 Å². The number of nitrogens with one attached hydrogen (secondary N) is 1. The molecular formula is C10H10ClN5. The molecule has 2 aromatic rings. The SMILES string of the molecule is Cc1cc(NN)nc(-c2ccc(Cl)cn2)n1. The number of anilines is 1. The summed E-state index contributed by atoms with van der Waals surface area (Å²) in [6, 6.07) is 5.25. The first-order chi connectivity index (χ1) is 7.69. The first kappa shape index (κ1) is 10.8. The van der Waals surface area contributed by atoms with Gasteiger partial charge in [0.15, 0.2) is 5.82 Å². The molecule has 0 aromatic carbocycles. The zero-order valence-electron chi connectivity index (χ0n) is 8.61. The van der Waals surface area contributed by atoms with E-state index in [2.05, 4.69) is 20.4 Å². The zero-order valence-corrected chi connectivity index (χ0v) is 9.36. The van der Waals surface area contributed by atoms with E-state index in [-0.39, 0.29) is 0 Å². The minimum Gasteiger partial charge on any atom is -0.308 e. The van der Waals surface area contributed by atoms with E-state index < -0.39 is 0 Å². The second kappa shape index (κ2) is 4.42. The Bertz CT molecular complexity index is 497. The average Bonchev–Trinajstić information content (AvgIpc) is 2.29. The van der Waals surface area contributed by atoms with Gasteiger partial charge in [0, 0.05) is 18.0 Å². The summed E-state index contributed by atoms with van der Waals surface area (Å²) < 4.78 is 0. The van der Waals surface area contributed by atoms with Gasteiger partial charge >= 0.3 is 0 Å². The maximum Gasteiger partial charge on any atom is 0.180 e. The normalized spacial score (nSPS) is 10.2. The van der Waals surface area contributed by atoms with Crippen LogP contribution in [0.2, 0.25) is 5.02 Å². The van der Waals surface area contributed by atoms with Crippen molar-refractivity contribution in [1.82, 2.24) is 15.0 Å². The maximum atomic E-state index is 5.75. The number of hydrogen-bond donors (Lipinski definition) is 2. The van der Waals surface area contributed by atoms with Gasteiger partial charge in [-0.1, -0.05) is 11.6 Å². The van der Waals surface area contributed by atoms with E-state index in [0.717, 1.165) is 5.69 Å². The van der Waals surface area contributed by atoms with E-state index >= 15 is 0 Å². The van der Waals surface area contributed by atoms with Crippen molar-refractivity contribution in [1.29, 1.82) is 0 Å². The van der Waals surface area contributed by atoms with Crippen molar-refractivity contribution in [3.63, 3.8) is 0 Å². The fourth-order valence-electron chi connectivity index (χ4n) is 1.27. The Morgan fingerprint density at radius 2 is 2.12 bits per heavy atom. The van der Waals surface area contributed by atoms with Gasteiger partial charge in [-0.2, -0.15) is 0 Å². The van der Waals surface area contributed by atoms with Crippen molar-refractivity contribution < 1.29 is 0 Å². The summed E-state index contributed by atoms with van der Waals surface area (Å²) in [5.41, 5.74) is 3.96. The van der Waals surface area contributed by atoms with Crippen molar-refractivity contribution in [3.8, 4) is 11.5 Å². The average molecular weight is 236 g/mol. The van der Waals surface area contributed by atoms with Gasteiger partial charge in [-0.3, -0.25) is 4.98 Å². The molecule has 0 atom stereocenters. The van der Waals surface area contributed by atoms with Crippen LogP contribution in [0.15, 0.2) is 24.4 Å². The molecule has 0 radical (unpaired) electrons. The van der Waals surface area contributed by atoms with Gasteiger partial charge in [0.1, 0.15) is 11.5 Å².